The molecule has 0 radical (unpaired) electrons. The standard InChI is InChI=1S/C15H24N2O3S/c1-12-5-6-13(21(16,19)20)9-14(12)17-10-15(11-18)7-3-2-4-8-15/h5-6,9,17-18H,2-4,7-8,10-11H2,1H3,(H2,16,19,20). The first-order valence-corrected chi connectivity index (χ1v) is 8.89. The highest BCUT2D eigenvalue weighted by molar-refractivity contribution is 7.89. The summed E-state index contributed by atoms with van der Waals surface area (Å²) in [6.07, 6.45) is 5.51. The van der Waals surface area contributed by atoms with Crippen molar-refractivity contribution in [1.82, 2.24) is 0 Å². The van der Waals surface area contributed by atoms with Crippen molar-refractivity contribution in [3.05, 3.63) is 23.8 Å². The Morgan fingerprint density at radius 2 is 1.95 bits per heavy atom. The first-order chi connectivity index (χ1) is 9.86. The van der Waals surface area contributed by atoms with Crippen LogP contribution < -0.4 is 10.5 Å². The molecule has 1 aromatic rings. The number of nitrogens with one attached hydrogen (secondary N) is 1. The molecule has 0 aliphatic heterocycles. The van der Waals surface area contributed by atoms with Crippen LogP contribution in [-0.2, 0) is 10.0 Å². The molecule has 0 bridgehead atoms. The van der Waals surface area contributed by atoms with Gasteiger partial charge in [-0.05, 0) is 37.5 Å². The third-order valence-electron chi connectivity index (χ3n) is 4.44. The molecule has 0 aromatic heterocycles. The van der Waals surface area contributed by atoms with Gasteiger partial charge in [-0.15, -0.1) is 0 Å². The number of aliphatic hydroxyl groups excluding tert-OH is 1. The van der Waals surface area contributed by atoms with Gasteiger partial charge in [0.1, 0.15) is 0 Å². The fourth-order valence-corrected chi connectivity index (χ4v) is 3.48. The summed E-state index contributed by atoms with van der Waals surface area (Å²) in [6.45, 7) is 2.73. The Hall–Kier alpha value is -1.11. The van der Waals surface area contributed by atoms with E-state index in [9.17, 15) is 13.5 Å². The number of hydrogen-bond donors (Lipinski definition) is 3. The Balaban J connectivity index is 2.15. The lowest BCUT2D eigenvalue weighted by Gasteiger charge is -2.36. The Morgan fingerprint density at radius 3 is 2.52 bits per heavy atom. The van der Waals surface area contributed by atoms with Crippen LogP contribution in [-0.4, -0.2) is 26.7 Å². The van der Waals surface area contributed by atoms with Crippen molar-refractivity contribution in [2.24, 2.45) is 10.6 Å². The average molecular weight is 312 g/mol. The first kappa shape index (κ1) is 16.3. The summed E-state index contributed by atoms with van der Waals surface area (Å²) < 4.78 is 22.9. The molecule has 0 unspecified atom stereocenters. The van der Waals surface area contributed by atoms with Crippen LogP contribution in [0, 0.1) is 12.3 Å². The first-order valence-electron chi connectivity index (χ1n) is 7.35. The number of anilines is 1. The van der Waals surface area contributed by atoms with E-state index in [1.807, 2.05) is 6.92 Å². The predicted octanol–water partition coefficient (Wildman–Crippen LogP) is 2.00. The highest BCUT2D eigenvalue weighted by Gasteiger charge is 2.31. The zero-order chi connectivity index (χ0) is 15.5. The highest BCUT2D eigenvalue weighted by Crippen LogP contribution is 2.36. The molecule has 1 aliphatic carbocycles. The zero-order valence-corrected chi connectivity index (χ0v) is 13.2. The van der Waals surface area contributed by atoms with E-state index in [2.05, 4.69) is 5.32 Å². The van der Waals surface area contributed by atoms with Crippen LogP contribution in [0.1, 0.15) is 37.7 Å². The summed E-state index contributed by atoms with van der Waals surface area (Å²) in [5.74, 6) is 0. The van der Waals surface area contributed by atoms with Gasteiger partial charge in [-0.3, -0.25) is 0 Å². The Kier molecular flexibility index (Phi) is 4.91. The van der Waals surface area contributed by atoms with Crippen molar-refractivity contribution in [2.75, 3.05) is 18.5 Å². The maximum Gasteiger partial charge on any atom is 0.238 e. The van der Waals surface area contributed by atoms with E-state index in [1.54, 1.807) is 12.1 Å². The molecule has 0 amide bonds. The van der Waals surface area contributed by atoms with Gasteiger partial charge in [-0.1, -0.05) is 25.3 Å². The van der Waals surface area contributed by atoms with E-state index < -0.39 is 10.0 Å². The monoisotopic (exact) mass is 312 g/mol. The second-order valence-electron chi connectivity index (χ2n) is 6.09. The molecule has 1 aromatic carbocycles. The summed E-state index contributed by atoms with van der Waals surface area (Å²) in [6, 6.07) is 4.82. The highest BCUT2D eigenvalue weighted by atomic mass is 32.2. The van der Waals surface area contributed by atoms with E-state index in [4.69, 9.17) is 5.14 Å². The largest absolute Gasteiger partial charge is 0.396 e. The number of aliphatic hydroxyl groups is 1. The molecular weight excluding hydrogens is 288 g/mol. The lowest BCUT2D eigenvalue weighted by molar-refractivity contribution is 0.0944. The van der Waals surface area contributed by atoms with Gasteiger partial charge < -0.3 is 10.4 Å². The third kappa shape index (κ3) is 3.96. The molecule has 1 fully saturated rings. The second-order valence-corrected chi connectivity index (χ2v) is 7.66. The van der Waals surface area contributed by atoms with Crippen LogP contribution in [0.25, 0.3) is 0 Å². The second kappa shape index (κ2) is 6.34. The van der Waals surface area contributed by atoms with Crippen LogP contribution in [0.2, 0.25) is 0 Å². The van der Waals surface area contributed by atoms with Crippen molar-refractivity contribution < 1.29 is 13.5 Å². The van der Waals surface area contributed by atoms with Gasteiger partial charge in [0.2, 0.25) is 10.0 Å². The van der Waals surface area contributed by atoms with Crippen LogP contribution in [0.15, 0.2) is 23.1 Å². The van der Waals surface area contributed by atoms with Gasteiger partial charge in [0.05, 0.1) is 11.5 Å². The average Bonchev–Trinajstić information content (AvgIpc) is 2.46. The number of nitrogens with two attached hydrogens (primary N) is 1. The summed E-state index contributed by atoms with van der Waals surface area (Å²) in [4.78, 5) is 0.109. The molecule has 0 atom stereocenters. The van der Waals surface area contributed by atoms with E-state index in [1.165, 1.54) is 12.5 Å². The predicted molar refractivity (Wildman–Crippen MR) is 83.6 cm³/mol. The molecule has 0 spiro atoms. The molecule has 5 nitrogen and oxygen atoms in total. The van der Waals surface area contributed by atoms with E-state index in [0.717, 1.165) is 36.9 Å². The Labute approximate surface area is 126 Å². The third-order valence-corrected chi connectivity index (χ3v) is 5.35. The molecule has 0 saturated heterocycles. The van der Waals surface area contributed by atoms with Gasteiger partial charge in [-0.25, -0.2) is 13.6 Å². The Bertz CT molecular complexity index is 593. The molecule has 118 valence electrons. The van der Waals surface area contributed by atoms with Crippen LogP contribution in [0.4, 0.5) is 5.69 Å². The molecule has 21 heavy (non-hydrogen) atoms. The number of rotatable bonds is 5. The summed E-state index contributed by atoms with van der Waals surface area (Å²) >= 11 is 0. The normalized spacial score (nSPS) is 18.4. The van der Waals surface area contributed by atoms with Crippen LogP contribution in [0.3, 0.4) is 0 Å². The van der Waals surface area contributed by atoms with Crippen LogP contribution in [0.5, 0.6) is 0 Å². The van der Waals surface area contributed by atoms with Gasteiger partial charge in [0.15, 0.2) is 0 Å². The number of sulfonamides is 1. The number of aryl methyl sites for hydroxylation is 1. The van der Waals surface area contributed by atoms with E-state index in [-0.39, 0.29) is 16.9 Å². The molecular formula is C15H24N2O3S. The quantitative estimate of drug-likeness (QED) is 0.775. The van der Waals surface area contributed by atoms with Crippen molar-refractivity contribution in [1.29, 1.82) is 0 Å². The van der Waals surface area contributed by atoms with Gasteiger partial charge in [0.25, 0.3) is 0 Å². The molecule has 4 N–H and O–H groups in total. The minimum absolute atomic E-state index is 0.0950. The lowest BCUT2D eigenvalue weighted by Crippen LogP contribution is -2.35. The fourth-order valence-electron chi connectivity index (χ4n) is 2.94. The van der Waals surface area contributed by atoms with Gasteiger partial charge >= 0.3 is 0 Å². The number of hydrogen-bond acceptors (Lipinski definition) is 4. The SMILES string of the molecule is Cc1ccc(S(N)(=O)=O)cc1NCC1(CO)CCCCC1. The minimum atomic E-state index is -3.70. The van der Waals surface area contributed by atoms with Crippen molar-refractivity contribution in [3.8, 4) is 0 Å². The van der Waals surface area contributed by atoms with Crippen molar-refractivity contribution in [3.63, 3.8) is 0 Å². The van der Waals surface area contributed by atoms with Crippen molar-refractivity contribution in [2.45, 2.75) is 43.9 Å². The van der Waals surface area contributed by atoms with E-state index in [0.29, 0.717) is 6.54 Å². The van der Waals surface area contributed by atoms with Crippen molar-refractivity contribution >= 4 is 15.7 Å². The summed E-state index contributed by atoms with van der Waals surface area (Å²) in [7, 11) is -3.70. The fraction of sp³-hybridized carbons (Fsp3) is 0.600. The van der Waals surface area contributed by atoms with E-state index >= 15 is 0 Å². The topological polar surface area (TPSA) is 92.4 Å². The molecule has 6 heteroatoms. The maximum absolute atomic E-state index is 11.4. The summed E-state index contributed by atoms with van der Waals surface area (Å²) in [5.41, 5.74) is 1.63. The molecule has 1 saturated carbocycles. The lowest BCUT2D eigenvalue weighted by atomic mass is 9.74. The number of benzene rings is 1. The summed E-state index contributed by atoms with van der Waals surface area (Å²) in [5, 5.41) is 18.2. The van der Waals surface area contributed by atoms with Crippen LogP contribution >= 0.6 is 0 Å². The number of primary sulfonamides is 1. The van der Waals surface area contributed by atoms with Gasteiger partial charge in [-0.2, -0.15) is 0 Å². The minimum Gasteiger partial charge on any atom is -0.396 e. The molecule has 0 heterocycles. The Morgan fingerprint density at radius 1 is 1.29 bits per heavy atom. The smallest absolute Gasteiger partial charge is 0.238 e. The van der Waals surface area contributed by atoms with Gasteiger partial charge in [0, 0.05) is 17.6 Å². The molecule has 2 rings (SSSR count). The maximum atomic E-state index is 11.4. The molecule has 1 aliphatic rings. The zero-order valence-electron chi connectivity index (χ0n) is 12.4.